The van der Waals surface area contributed by atoms with Gasteiger partial charge in [0.2, 0.25) is 0 Å². The molecule has 0 heterocycles. The topological polar surface area (TPSA) is 66.8 Å². The van der Waals surface area contributed by atoms with Crippen molar-refractivity contribution >= 4 is 5.97 Å². The number of ether oxygens (including phenoxy) is 1. The van der Waals surface area contributed by atoms with Crippen molar-refractivity contribution in [1.82, 2.24) is 0 Å². The molecule has 0 saturated heterocycles. The van der Waals surface area contributed by atoms with Gasteiger partial charge in [-0.25, -0.2) is 0 Å². The highest BCUT2D eigenvalue weighted by Gasteiger charge is 2.34. The lowest BCUT2D eigenvalue weighted by Crippen LogP contribution is -2.39. The minimum absolute atomic E-state index is 0.0849. The minimum Gasteiger partial charge on any atom is -0.469 e. The Hall–Kier alpha value is -0.610. The number of carbonyl (C=O) groups is 1. The zero-order chi connectivity index (χ0) is 21.3. The smallest absolute Gasteiger partial charge is 0.308 e. The molecule has 168 valence electrons. The number of hydrogen-bond donors (Lipinski definition) is 2. The maximum Gasteiger partial charge on any atom is 0.308 e. The van der Waals surface area contributed by atoms with Gasteiger partial charge in [0.15, 0.2) is 0 Å². The Labute approximate surface area is 174 Å². The summed E-state index contributed by atoms with van der Waals surface area (Å²) in [6, 6.07) is 0. The van der Waals surface area contributed by atoms with Crippen molar-refractivity contribution in [2.75, 3.05) is 7.11 Å². The molecule has 0 spiro atoms. The molecule has 0 unspecified atom stereocenters. The Balaban J connectivity index is 3.57. The summed E-state index contributed by atoms with van der Waals surface area (Å²) in [5.41, 5.74) is -2.18. The molecule has 2 N–H and O–H groups in total. The van der Waals surface area contributed by atoms with Crippen LogP contribution in [-0.4, -0.2) is 34.5 Å². The zero-order valence-corrected chi connectivity index (χ0v) is 19.2. The molecule has 28 heavy (non-hydrogen) atoms. The van der Waals surface area contributed by atoms with Gasteiger partial charge in [-0.15, -0.1) is 0 Å². The molecular formula is C24H48O4. The Morgan fingerprint density at radius 1 is 0.714 bits per heavy atom. The fourth-order valence-electron chi connectivity index (χ4n) is 4.05. The Morgan fingerprint density at radius 3 is 1.50 bits per heavy atom. The van der Waals surface area contributed by atoms with Crippen molar-refractivity contribution in [2.24, 2.45) is 0 Å². The van der Waals surface area contributed by atoms with Crippen LogP contribution in [0.2, 0.25) is 0 Å². The second-order valence-corrected chi connectivity index (χ2v) is 9.27. The molecule has 0 saturated carbocycles. The average molecular weight is 401 g/mol. The van der Waals surface area contributed by atoms with Gasteiger partial charge in [-0.05, 0) is 20.3 Å². The third-order valence-electron chi connectivity index (χ3n) is 5.58. The molecule has 4 heteroatoms. The van der Waals surface area contributed by atoms with Gasteiger partial charge in [0.25, 0.3) is 0 Å². The first kappa shape index (κ1) is 27.4. The molecule has 0 rings (SSSR count). The Bertz CT molecular complexity index is 377. The van der Waals surface area contributed by atoms with Crippen LogP contribution in [0.5, 0.6) is 0 Å². The molecule has 0 aromatic heterocycles. The number of esters is 1. The van der Waals surface area contributed by atoms with E-state index in [0.29, 0.717) is 6.42 Å². The summed E-state index contributed by atoms with van der Waals surface area (Å²) in [7, 11) is 1.31. The van der Waals surface area contributed by atoms with Crippen LogP contribution in [0.4, 0.5) is 0 Å². The number of aliphatic hydroxyl groups is 2. The normalized spacial score (nSPS) is 15.8. The van der Waals surface area contributed by atoms with E-state index in [9.17, 15) is 15.0 Å². The van der Waals surface area contributed by atoms with Crippen LogP contribution >= 0.6 is 0 Å². The first-order chi connectivity index (χ1) is 13.2. The first-order valence-corrected chi connectivity index (χ1v) is 11.7. The van der Waals surface area contributed by atoms with Crippen molar-refractivity contribution in [3.8, 4) is 0 Å². The van der Waals surface area contributed by atoms with Crippen molar-refractivity contribution in [2.45, 2.75) is 141 Å². The highest BCUT2D eigenvalue weighted by Crippen LogP contribution is 2.28. The van der Waals surface area contributed by atoms with Crippen LogP contribution in [-0.2, 0) is 9.53 Å². The lowest BCUT2D eigenvalue weighted by Gasteiger charge is -2.32. The van der Waals surface area contributed by atoms with Crippen molar-refractivity contribution in [1.29, 1.82) is 0 Å². The highest BCUT2D eigenvalue weighted by atomic mass is 16.5. The lowest BCUT2D eigenvalue weighted by atomic mass is 9.84. The fourth-order valence-corrected chi connectivity index (χ4v) is 4.05. The third-order valence-corrected chi connectivity index (χ3v) is 5.58. The molecule has 0 bridgehead atoms. The average Bonchev–Trinajstić information content (AvgIpc) is 2.60. The molecule has 0 aliphatic carbocycles. The quantitative estimate of drug-likeness (QED) is 0.197. The molecule has 0 amide bonds. The van der Waals surface area contributed by atoms with Gasteiger partial charge in [0.1, 0.15) is 0 Å². The van der Waals surface area contributed by atoms with E-state index < -0.39 is 17.2 Å². The predicted molar refractivity (Wildman–Crippen MR) is 117 cm³/mol. The molecular weight excluding hydrogens is 352 g/mol. The van der Waals surface area contributed by atoms with Crippen LogP contribution in [0.25, 0.3) is 0 Å². The molecule has 4 nitrogen and oxygen atoms in total. The largest absolute Gasteiger partial charge is 0.469 e. The van der Waals surface area contributed by atoms with Crippen LogP contribution in [0.3, 0.4) is 0 Å². The zero-order valence-electron chi connectivity index (χ0n) is 19.2. The van der Waals surface area contributed by atoms with E-state index in [2.05, 4.69) is 11.7 Å². The van der Waals surface area contributed by atoms with Crippen LogP contribution in [0.15, 0.2) is 0 Å². The van der Waals surface area contributed by atoms with Gasteiger partial charge in [0, 0.05) is 6.42 Å². The molecule has 0 aliphatic rings. The second kappa shape index (κ2) is 16.2. The maximum absolute atomic E-state index is 11.3. The van der Waals surface area contributed by atoms with Crippen molar-refractivity contribution in [3.05, 3.63) is 0 Å². The van der Waals surface area contributed by atoms with E-state index >= 15 is 0 Å². The van der Waals surface area contributed by atoms with E-state index in [0.717, 1.165) is 12.8 Å². The van der Waals surface area contributed by atoms with Crippen LogP contribution in [0.1, 0.15) is 130 Å². The Kier molecular flexibility index (Phi) is 15.9. The van der Waals surface area contributed by atoms with E-state index in [1.807, 2.05) is 0 Å². The Morgan fingerprint density at radius 2 is 1.11 bits per heavy atom. The SMILES string of the molecule is CCCCCCCCCCCCCCCC[C@@](C)(O)C[C@](C)(O)CC(=O)OC. The number of rotatable bonds is 19. The minimum atomic E-state index is -1.23. The molecule has 0 aromatic carbocycles. The second-order valence-electron chi connectivity index (χ2n) is 9.27. The first-order valence-electron chi connectivity index (χ1n) is 11.7. The summed E-state index contributed by atoms with van der Waals surface area (Å²) in [5, 5.41) is 20.8. The van der Waals surface area contributed by atoms with E-state index in [-0.39, 0.29) is 12.8 Å². The summed E-state index contributed by atoms with van der Waals surface area (Å²) >= 11 is 0. The van der Waals surface area contributed by atoms with E-state index in [1.54, 1.807) is 13.8 Å². The number of hydrogen-bond acceptors (Lipinski definition) is 4. The summed E-state index contributed by atoms with van der Waals surface area (Å²) in [6.07, 6.45) is 19.1. The van der Waals surface area contributed by atoms with Crippen molar-refractivity contribution < 1.29 is 19.7 Å². The van der Waals surface area contributed by atoms with Crippen molar-refractivity contribution in [3.63, 3.8) is 0 Å². The van der Waals surface area contributed by atoms with Gasteiger partial charge in [-0.1, -0.05) is 96.8 Å². The van der Waals surface area contributed by atoms with Gasteiger partial charge < -0.3 is 14.9 Å². The molecule has 0 radical (unpaired) electrons. The van der Waals surface area contributed by atoms with Gasteiger partial charge in [0.05, 0.1) is 24.7 Å². The fraction of sp³-hybridized carbons (Fsp3) is 0.958. The van der Waals surface area contributed by atoms with E-state index in [1.165, 1.54) is 84.2 Å². The standard InChI is InChI=1S/C24H48O4/c1-5-6-7-8-9-10-11-12-13-14-15-16-17-18-19-23(2,26)21-24(3,27)20-22(25)28-4/h26-27H,5-21H2,1-4H3/t23-,24-/m1/s1. The summed E-state index contributed by atoms with van der Waals surface area (Å²) in [4.78, 5) is 11.3. The molecule has 0 aromatic rings. The molecule has 2 atom stereocenters. The van der Waals surface area contributed by atoms with Gasteiger partial charge >= 0.3 is 5.97 Å². The maximum atomic E-state index is 11.3. The van der Waals surface area contributed by atoms with Gasteiger partial charge in [-0.3, -0.25) is 4.79 Å². The van der Waals surface area contributed by atoms with Gasteiger partial charge in [-0.2, -0.15) is 0 Å². The predicted octanol–water partition coefficient (Wildman–Crippen LogP) is 6.31. The number of methoxy groups -OCH3 is 1. The summed E-state index contributed by atoms with van der Waals surface area (Å²) in [5.74, 6) is -0.447. The monoisotopic (exact) mass is 400 g/mol. The van der Waals surface area contributed by atoms with E-state index in [4.69, 9.17) is 0 Å². The summed E-state index contributed by atoms with van der Waals surface area (Å²) < 4.78 is 4.61. The molecule has 0 aliphatic heterocycles. The third kappa shape index (κ3) is 17.5. The summed E-state index contributed by atoms with van der Waals surface area (Å²) in [6.45, 7) is 5.60. The molecule has 0 fully saturated rings. The van der Waals surface area contributed by atoms with Crippen LogP contribution < -0.4 is 0 Å². The number of carbonyl (C=O) groups excluding carboxylic acids is 1. The van der Waals surface area contributed by atoms with Crippen LogP contribution in [0, 0.1) is 0 Å². The lowest BCUT2D eigenvalue weighted by molar-refractivity contribution is -0.147. The number of unbranched alkanes of at least 4 members (excludes halogenated alkanes) is 13. The highest BCUT2D eigenvalue weighted by molar-refractivity contribution is 5.70.